The average Bonchev–Trinajstić information content (AvgIpc) is 3.10. The van der Waals surface area contributed by atoms with Crippen LogP contribution in [0.3, 0.4) is 0 Å². The molecule has 32 heavy (non-hydrogen) atoms. The van der Waals surface area contributed by atoms with Crippen molar-refractivity contribution in [3.05, 3.63) is 106 Å². The van der Waals surface area contributed by atoms with Gasteiger partial charge in [-0.05, 0) is 60.0 Å². The number of anilines is 2. The number of hydrogen-bond donors (Lipinski definition) is 0. The van der Waals surface area contributed by atoms with Crippen molar-refractivity contribution < 1.29 is 4.79 Å². The van der Waals surface area contributed by atoms with Crippen LogP contribution in [0.25, 0.3) is 11.6 Å². The van der Waals surface area contributed by atoms with Gasteiger partial charge in [0, 0.05) is 24.3 Å². The van der Waals surface area contributed by atoms with Gasteiger partial charge in [-0.15, -0.1) is 0 Å². The summed E-state index contributed by atoms with van der Waals surface area (Å²) in [5.41, 5.74) is 6.07. The zero-order valence-electron chi connectivity index (χ0n) is 18.3. The van der Waals surface area contributed by atoms with Crippen molar-refractivity contribution in [2.24, 2.45) is 5.10 Å². The topological polar surface area (TPSA) is 35.9 Å². The van der Waals surface area contributed by atoms with Crippen LogP contribution in [0.1, 0.15) is 18.1 Å². The minimum Gasteiger partial charge on any atom is -0.378 e. The molecule has 1 aliphatic rings. The molecular formula is C27H24BrN3O. The number of halogens is 1. The molecule has 3 aromatic carbocycles. The molecule has 0 aliphatic carbocycles. The zero-order valence-corrected chi connectivity index (χ0v) is 19.9. The molecule has 0 bridgehead atoms. The Morgan fingerprint density at radius 3 is 2.22 bits per heavy atom. The second-order valence-corrected chi connectivity index (χ2v) is 8.67. The number of carbonyl (C=O) groups is 1. The van der Waals surface area contributed by atoms with Crippen molar-refractivity contribution >= 4 is 50.6 Å². The van der Waals surface area contributed by atoms with E-state index in [0.29, 0.717) is 11.3 Å². The summed E-state index contributed by atoms with van der Waals surface area (Å²) >= 11 is 3.50. The number of hydrogen-bond acceptors (Lipinski definition) is 3. The van der Waals surface area contributed by atoms with Crippen molar-refractivity contribution in [3.8, 4) is 0 Å². The summed E-state index contributed by atoms with van der Waals surface area (Å²) in [5.74, 6) is -0.126. The van der Waals surface area contributed by atoms with Crippen molar-refractivity contribution in [1.82, 2.24) is 0 Å². The van der Waals surface area contributed by atoms with E-state index >= 15 is 0 Å². The molecule has 0 unspecified atom stereocenters. The van der Waals surface area contributed by atoms with Gasteiger partial charge in [0.25, 0.3) is 5.91 Å². The Labute approximate surface area is 197 Å². The van der Waals surface area contributed by atoms with Crippen LogP contribution in [0.4, 0.5) is 11.4 Å². The van der Waals surface area contributed by atoms with Crippen LogP contribution in [-0.2, 0) is 4.79 Å². The smallest absolute Gasteiger partial charge is 0.281 e. The number of rotatable bonds is 5. The third-order valence-corrected chi connectivity index (χ3v) is 5.82. The molecule has 0 spiro atoms. The molecule has 0 saturated carbocycles. The van der Waals surface area contributed by atoms with Crippen molar-refractivity contribution in [3.63, 3.8) is 0 Å². The van der Waals surface area contributed by atoms with Gasteiger partial charge in [0.15, 0.2) is 0 Å². The minimum atomic E-state index is -0.126. The molecule has 0 radical (unpaired) electrons. The maximum atomic E-state index is 13.4. The lowest BCUT2D eigenvalue weighted by atomic mass is 9.96. The van der Waals surface area contributed by atoms with E-state index in [1.54, 1.807) is 0 Å². The lowest BCUT2D eigenvalue weighted by Crippen LogP contribution is -2.21. The summed E-state index contributed by atoms with van der Waals surface area (Å²) in [4.78, 5) is 15.5. The summed E-state index contributed by atoms with van der Waals surface area (Å²) in [6.45, 7) is 1.88. The number of nitrogens with zero attached hydrogens (tertiary/aromatic N) is 3. The number of hydrazone groups is 1. The lowest BCUT2D eigenvalue weighted by Gasteiger charge is -2.13. The monoisotopic (exact) mass is 485 g/mol. The van der Waals surface area contributed by atoms with Crippen LogP contribution in [0, 0.1) is 0 Å². The number of allylic oxidation sites excluding steroid dienone is 2. The van der Waals surface area contributed by atoms with Crippen LogP contribution in [-0.4, -0.2) is 25.7 Å². The van der Waals surface area contributed by atoms with Gasteiger partial charge < -0.3 is 4.90 Å². The van der Waals surface area contributed by atoms with E-state index in [4.69, 9.17) is 0 Å². The highest BCUT2D eigenvalue weighted by Crippen LogP contribution is 2.31. The summed E-state index contributed by atoms with van der Waals surface area (Å²) in [6.07, 6.45) is 4.05. The summed E-state index contributed by atoms with van der Waals surface area (Å²) in [7, 11) is 4.04. The Balaban J connectivity index is 1.77. The Morgan fingerprint density at radius 2 is 1.59 bits per heavy atom. The third-order valence-electron chi connectivity index (χ3n) is 5.30. The molecule has 4 rings (SSSR count). The Morgan fingerprint density at radius 1 is 0.938 bits per heavy atom. The highest BCUT2D eigenvalue weighted by atomic mass is 79.9. The molecular weight excluding hydrogens is 462 g/mol. The molecule has 3 aromatic rings. The molecule has 160 valence electrons. The molecule has 0 N–H and O–H groups in total. The number of amides is 1. The van der Waals surface area contributed by atoms with Crippen LogP contribution in [0.2, 0.25) is 0 Å². The van der Waals surface area contributed by atoms with Gasteiger partial charge in [0.1, 0.15) is 0 Å². The summed E-state index contributed by atoms with van der Waals surface area (Å²) in [5, 5.41) is 6.04. The average molecular weight is 486 g/mol. The van der Waals surface area contributed by atoms with E-state index in [1.807, 2.05) is 87.8 Å². The number of para-hydroxylation sites is 1. The van der Waals surface area contributed by atoms with Crippen molar-refractivity contribution in [1.29, 1.82) is 0 Å². The van der Waals surface area contributed by atoms with Crippen LogP contribution in [0.5, 0.6) is 0 Å². The highest BCUT2D eigenvalue weighted by molar-refractivity contribution is 9.10. The fraction of sp³-hybridized carbons (Fsp3) is 0.111. The van der Waals surface area contributed by atoms with E-state index in [-0.39, 0.29) is 5.91 Å². The first-order valence-electron chi connectivity index (χ1n) is 10.3. The van der Waals surface area contributed by atoms with Gasteiger partial charge in [-0.2, -0.15) is 10.1 Å². The molecule has 1 aliphatic heterocycles. The standard InChI is InChI=1S/C27H24BrN3O/c1-19-26(27(32)31(29-19)24-7-5-4-6-8-24)25(21-12-14-22(28)15-13-21)18-11-20-9-16-23(17-10-20)30(2)3/h4-18H,1-3H3/b18-11+,26-25+. The van der Waals surface area contributed by atoms with Crippen LogP contribution in [0.15, 0.2) is 100 Å². The van der Waals surface area contributed by atoms with E-state index in [2.05, 4.69) is 50.2 Å². The Hall–Kier alpha value is -3.44. The molecule has 0 fully saturated rings. The van der Waals surface area contributed by atoms with E-state index in [9.17, 15) is 4.79 Å². The van der Waals surface area contributed by atoms with Gasteiger partial charge in [-0.25, -0.2) is 0 Å². The van der Waals surface area contributed by atoms with Crippen LogP contribution < -0.4 is 9.91 Å². The second-order valence-electron chi connectivity index (χ2n) is 7.75. The quantitative estimate of drug-likeness (QED) is 0.391. The van der Waals surface area contributed by atoms with E-state index < -0.39 is 0 Å². The van der Waals surface area contributed by atoms with E-state index in [1.165, 1.54) is 5.01 Å². The summed E-state index contributed by atoms with van der Waals surface area (Å²) < 4.78 is 0.989. The number of carbonyl (C=O) groups excluding carboxylic acids is 1. The molecule has 1 heterocycles. The predicted molar refractivity (Wildman–Crippen MR) is 138 cm³/mol. The van der Waals surface area contributed by atoms with Gasteiger partial charge in [0.05, 0.1) is 17.0 Å². The fourth-order valence-electron chi connectivity index (χ4n) is 3.58. The third kappa shape index (κ3) is 4.58. The normalized spacial score (nSPS) is 15.3. The van der Waals surface area contributed by atoms with Crippen LogP contribution >= 0.6 is 15.9 Å². The Bertz CT molecular complexity index is 1210. The largest absolute Gasteiger partial charge is 0.378 e. The first-order chi connectivity index (χ1) is 15.4. The number of benzene rings is 3. The predicted octanol–water partition coefficient (Wildman–Crippen LogP) is 6.40. The first kappa shape index (κ1) is 21.8. The van der Waals surface area contributed by atoms with E-state index in [0.717, 1.165) is 32.5 Å². The van der Waals surface area contributed by atoms with Crippen molar-refractivity contribution in [2.75, 3.05) is 24.0 Å². The maximum Gasteiger partial charge on any atom is 0.281 e. The molecule has 0 atom stereocenters. The molecule has 0 aromatic heterocycles. The molecule has 4 nitrogen and oxygen atoms in total. The molecule has 1 amide bonds. The lowest BCUT2D eigenvalue weighted by molar-refractivity contribution is -0.114. The second kappa shape index (κ2) is 9.37. The van der Waals surface area contributed by atoms with Gasteiger partial charge in [-0.1, -0.05) is 70.5 Å². The molecule has 0 saturated heterocycles. The highest BCUT2D eigenvalue weighted by Gasteiger charge is 2.31. The molecule has 5 heteroatoms. The SMILES string of the molecule is CC1=NN(c2ccccc2)C(=O)/C1=C(\C=C\c1ccc(N(C)C)cc1)c1ccc(Br)cc1. The van der Waals surface area contributed by atoms with Crippen molar-refractivity contribution in [2.45, 2.75) is 6.92 Å². The zero-order chi connectivity index (χ0) is 22.7. The maximum absolute atomic E-state index is 13.4. The fourth-order valence-corrected chi connectivity index (χ4v) is 3.84. The minimum absolute atomic E-state index is 0.126. The van der Waals surface area contributed by atoms with Gasteiger partial charge >= 0.3 is 0 Å². The summed E-state index contributed by atoms with van der Waals surface area (Å²) in [6, 6.07) is 25.8. The Kier molecular flexibility index (Phi) is 6.37. The van der Waals surface area contributed by atoms with Gasteiger partial charge in [-0.3, -0.25) is 4.79 Å². The first-order valence-corrected chi connectivity index (χ1v) is 11.1. The van der Waals surface area contributed by atoms with Gasteiger partial charge in [0.2, 0.25) is 0 Å².